The van der Waals surface area contributed by atoms with Gasteiger partial charge < -0.3 is 19.4 Å². The van der Waals surface area contributed by atoms with Crippen LogP contribution in [0.15, 0.2) is 30.9 Å². The lowest BCUT2D eigenvalue weighted by Gasteiger charge is -2.40. The van der Waals surface area contributed by atoms with Gasteiger partial charge in [-0.25, -0.2) is 9.97 Å². The Kier molecular flexibility index (Phi) is 4.78. The lowest BCUT2D eigenvalue weighted by molar-refractivity contribution is 0.117. The first-order chi connectivity index (χ1) is 12.6. The fourth-order valence-corrected chi connectivity index (χ4v) is 3.89. The van der Waals surface area contributed by atoms with E-state index in [9.17, 15) is 0 Å². The number of hydrogen-bond acceptors (Lipinski definition) is 7. The van der Waals surface area contributed by atoms with Gasteiger partial charge in [-0.2, -0.15) is 5.10 Å². The molecule has 4 heterocycles. The molecule has 2 saturated heterocycles. The molecule has 26 heavy (non-hydrogen) atoms. The zero-order valence-corrected chi connectivity index (χ0v) is 15.7. The maximum atomic E-state index is 5.62. The van der Waals surface area contributed by atoms with Crippen LogP contribution in [0.1, 0.15) is 12.5 Å². The van der Waals surface area contributed by atoms with Crippen LogP contribution in [0.4, 0.5) is 11.6 Å². The second-order valence-electron chi connectivity index (χ2n) is 7.44. The Morgan fingerprint density at radius 3 is 2.69 bits per heavy atom. The molecule has 0 amide bonds. The van der Waals surface area contributed by atoms with Crippen LogP contribution in [-0.4, -0.2) is 84.2 Å². The highest BCUT2D eigenvalue weighted by molar-refractivity contribution is 5.53. The second-order valence-corrected chi connectivity index (χ2v) is 7.44. The fraction of sp³-hybridized carbons (Fsp3) is 0.611. The fourth-order valence-electron chi connectivity index (χ4n) is 3.89. The van der Waals surface area contributed by atoms with Crippen molar-refractivity contribution in [2.75, 3.05) is 57.2 Å². The summed E-state index contributed by atoms with van der Waals surface area (Å²) in [6, 6.07) is 4.91. The van der Waals surface area contributed by atoms with E-state index < -0.39 is 0 Å². The van der Waals surface area contributed by atoms with Crippen molar-refractivity contribution in [2.24, 2.45) is 0 Å². The van der Waals surface area contributed by atoms with Gasteiger partial charge in [-0.05, 0) is 26.6 Å². The van der Waals surface area contributed by atoms with Gasteiger partial charge in [0.25, 0.3) is 0 Å². The second kappa shape index (κ2) is 7.20. The van der Waals surface area contributed by atoms with Crippen molar-refractivity contribution in [3.05, 3.63) is 30.9 Å². The van der Waals surface area contributed by atoms with Crippen LogP contribution >= 0.6 is 0 Å². The lowest BCUT2D eigenvalue weighted by atomic mass is 10.1. The average molecular weight is 357 g/mol. The lowest BCUT2D eigenvalue weighted by Crippen LogP contribution is -2.48. The topological polar surface area (TPSA) is 62.6 Å². The molecule has 0 N–H and O–H groups in total. The van der Waals surface area contributed by atoms with Gasteiger partial charge in [0, 0.05) is 57.8 Å². The molecule has 2 aromatic heterocycles. The van der Waals surface area contributed by atoms with Gasteiger partial charge in [-0.1, -0.05) is 0 Å². The van der Waals surface area contributed by atoms with Gasteiger partial charge >= 0.3 is 0 Å². The largest absolute Gasteiger partial charge is 0.380 e. The normalized spacial score (nSPS) is 23.7. The third-order valence-corrected chi connectivity index (χ3v) is 5.30. The summed E-state index contributed by atoms with van der Waals surface area (Å²) in [6.45, 7) is 3.73. The molecule has 0 spiro atoms. The van der Waals surface area contributed by atoms with E-state index in [0.717, 1.165) is 44.2 Å². The maximum Gasteiger partial charge on any atom is 0.134 e. The zero-order valence-electron chi connectivity index (χ0n) is 15.7. The smallest absolute Gasteiger partial charge is 0.134 e. The number of rotatable bonds is 6. The predicted molar refractivity (Wildman–Crippen MR) is 101 cm³/mol. The van der Waals surface area contributed by atoms with E-state index in [4.69, 9.17) is 4.74 Å². The van der Waals surface area contributed by atoms with Crippen molar-refractivity contribution in [1.82, 2.24) is 24.6 Å². The molecule has 2 aliphatic heterocycles. The summed E-state index contributed by atoms with van der Waals surface area (Å²) in [5.41, 5.74) is 0. The first kappa shape index (κ1) is 17.2. The van der Waals surface area contributed by atoms with Gasteiger partial charge in [-0.3, -0.25) is 4.68 Å². The molecule has 4 rings (SSSR count). The summed E-state index contributed by atoms with van der Waals surface area (Å²) in [5, 5.41) is 4.33. The minimum Gasteiger partial charge on any atom is -0.380 e. The molecule has 0 saturated carbocycles. The summed E-state index contributed by atoms with van der Waals surface area (Å²) < 4.78 is 7.64. The van der Waals surface area contributed by atoms with E-state index in [-0.39, 0.29) is 6.10 Å². The Morgan fingerprint density at radius 1 is 1.19 bits per heavy atom. The molecule has 2 fully saturated rings. The number of ether oxygens (including phenoxy) is 1. The van der Waals surface area contributed by atoms with Crippen LogP contribution in [0.25, 0.3) is 0 Å². The Morgan fingerprint density at radius 2 is 2.00 bits per heavy atom. The summed E-state index contributed by atoms with van der Waals surface area (Å²) >= 11 is 0. The van der Waals surface area contributed by atoms with Gasteiger partial charge in [0.1, 0.15) is 18.0 Å². The molecule has 2 aromatic rings. The number of hydrogen-bond donors (Lipinski definition) is 0. The Labute approximate surface area is 154 Å². The summed E-state index contributed by atoms with van der Waals surface area (Å²) in [7, 11) is 6.01. The van der Waals surface area contributed by atoms with E-state index in [2.05, 4.69) is 49.9 Å². The summed E-state index contributed by atoms with van der Waals surface area (Å²) in [5.74, 6) is 1.98. The molecule has 8 heteroatoms. The van der Waals surface area contributed by atoms with E-state index in [1.54, 1.807) is 13.4 Å². The monoisotopic (exact) mass is 357 g/mol. The van der Waals surface area contributed by atoms with E-state index in [1.807, 2.05) is 23.1 Å². The van der Waals surface area contributed by atoms with Crippen LogP contribution < -0.4 is 9.80 Å². The number of anilines is 2. The summed E-state index contributed by atoms with van der Waals surface area (Å²) in [4.78, 5) is 15.9. The van der Waals surface area contributed by atoms with Gasteiger partial charge in [0.2, 0.25) is 0 Å². The molecule has 0 radical (unpaired) electrons. The van der Waals surface area contributed by atoms with Crippen LogP contribution in [0.2, 0.25) is 0 Å². The minimum absolute atomic E-state index is 0.256. The van der Waals surface area contributed by atoms with Crippen molar-refractivity contribution >= 4 is 11.6 Å². The van der Waals surface area contributed by atoms with Crippen molar-refractivity contribution in [2.45, 2.75) is 24.6 Å². The highest BCUT2D eigenvalue weighted by Crippen LogP contribution is 2.30. The van der Waals surface area contributed by atoms with Crippen LogP contribution in [0, 0.1) is 0 Å². The van der Waals surface area contributed by atoms with Gasteiger partial charge in [-0.15, -0.1) is 0 Å². The van der Waals surface area contributed by atoms with Crippen molar-refractivity contribution in [1.29, 1.82) is 0 Å². The predicted octanol–water partition coefficient (Wildman–Crippen LogP) is 0.890. The number of nitrogens with zero attached hydrogens (tertiary/aromatic N) is 7. The SMILES string of the molecule is CO[C@H]1C[C@@H](CN(C)C)N(c2cc(N3CC(n4cccn4)C3)ncn2)C1. The van der Waals surface area contributed by atoms with Crippen LogP contribution in [0.3, 0.4) is 0 Å². The average Bonchev–Trinajstić information content (AvgIpc) is 3.23. The standard InChI is InChI=1S/C18H27N7O/c1-22(2)9-14-7-16(26-3)12-24(14)18-8-17(19-13-20-18)23-10-15(11-23)25-6-4-5-21-25/h4-6,8,13-16H,7,9-12H2,1-3H3/t14-,16-/m0/s1. The maximum absolute atomic E-state index is 5.62. The summed E-state index contributed by atoms with van der Waals surface area (Å²) in [6.07, 6.45) is 6.81. The molecule has 2 aliphatic rings. The minimum atomic E-state index is 0.256. The molecule has 0 aromatic carbocycles. The highest BCUT2D eigenvalue weighted by Gasteiger charge is 2.34. The zero-order chi connectivity index (χ0) is 18.1. The van der Waals surface area contributed by atoms with E-state index in [1.165, 1.54) is 0 Å². The third-order valence-electron chi connectivity index (χ3n) is 5.30. The number of likely N-dealkylation sites (N-methyl/N-ethyl adjacent to an activating group) is 1. The molecule has 8 nitrogen and oxygen atoms in total. The molecule has 0 bridgehead atoms. The Bertz CT molecular complexity index is 714. The molecule has 0 aliphatic carbocycles. The molecule has 2 atom stereocenters. The van der Waals surface area contributed by atoms with Crippen molar-refractivity contribution < 1.29 is 4.74 Å². The molecular formula is C18H27N7O. The van der Waals surface area contributed by atoms with Crippen molar-refractivity contribution in [3.8, 4) is 0 Å². The first-order valence-electron chi connectivity index (χ1n) is 9.14. The van der Waals surface area contributed by atoms with Gasteiger partial charge in [0.15, 0.2) is 0 Å². The first-order valence-corrected chi connectivity index (χ1v) is 9.14. The third kappa shape index (κ3) is 3.39. The molecular weight excluding hydrogens is 330 g/mol. The van der Waals surface area contributed by atoms with Gasteiger partial charge in [0.05, 0.1) is 12.1 Å². The molecule has 140 valence electrons. The Balaban J connectivity index is 1.47. The van der Waals surface area contributed by atoms with Crippen molar-refractivity contribution in [3.63, 3.8) is 0 Å². The van der Waals surface area contributed by atoms with Crippen LogP contribution in [-0.2, 0) is 4.74 Å². The van der Waals surface area contributed by atoms with Crippen LogP contribution in [0.5, 0.6) is 0 Å². The van der Waals surface area contributed by atoms with E-state index >= 15 is 0 Å². The highest BCUT2D eigenvalue weighted by atomic mass is 16.5. The molecule has 0 unspecified atom stereocenters. The number of aromatic nitrogens is 4. The van der Waals surface area contributed by atoms with E-state index in [0.29, 0.717) is 12.1 Å². The number of methoxy groups -OCH3 is 1. The Hall–Kier alpha value is -2.19. The quantitative estimate of drug-likeness (QED) is 0.761.